The predicted molar refractivity (Wildman–Crippen MR) is 67.6 cm³/mol. The lowest BCUT2D eigenvalue weighted by molar-refractivity contribution is 0.123. The minimum atomic E-state index is -0.555. The molecule has 0 heterocycles. The Morgan fingerprint density at radius 1 is 1.11 bits per heavy atom. The molecule has 4 amide bonds. The molecule has 18 heavy (non-hydrogen) atoms. The fraction of sp³-hybridized carbons (Fsp3) is 0.833. The highest BCUT2D eigenvalue weighted by atomic mass is 16.2. The van der Waals surface area contributed by atoms with E-state index >= 15 is 0 Å². The number of hydrogen-bond acceptors (Lipinski definition) is 2. The van der Waals surface area contributed by atoms with Gasteiger partial charge in [0.1, 0.15) is 0 Å². The van der Waals surface area contributed by atoms with Gasteiger partial charge in [0.15, 0.2) is 0 Å². The van der Waals surface area contributed by atoms with Gasteiger partial charge >= 0.3 is 12.1 Å². The minimum Gasteiger partial charge on any atom is -0.352 e. The quantitative estimate of drug-likeness (QED) is 0.576. The largest absolute Gasteiger partial charge is 0.352 e. The van der Waals surface area contributed by atoms with Crippen LogP contribution in [-0.4, -0.2) is 24.1 Å². The zero-order valence-corrected chi connectivity index (χ0v) is 11.1. The van der Waals surface area contributed by atoms with Gasteiger partial charge in [-0.15, -0.1) is 0 Å². The van der Waals surface area contributed by atoms with Gasteiger partial charge in [-0.1, -0.05) is 20.8 Å². The van der Waals surface area contributed by atoms with Gasteiger partial charge in [0, 0.05) is 0 Å². The molecule has 102 valence electrons. The van der Waals surface area contributed by atoms with E-state index in [2.05, 4.69) is 31.4 Å². The number of fused-ring (bicyclic) bond motifs is 2. The highest BCUT2D eigenvalue weighted by molar-refractivity contribution is 5.74. The first-order valence-corrected chi connectivity index (χ1v) is 6.32. The van der Waals surface area contributed by atoms with Gasteiger partial charge < -0.3 is 22.1 Å². The van der Waals surface area contributed by atoms with Crippen molar-refractivity contribution < 1.29 is 9.59 Å². The lowest BCUT2D eigenvalue weighted by Crippen LogP contribution is -2.59. The Kier molecular flexibility index (Phi) is 2.72. The molecule has 0 aromatic carbocycles. The number of amides is 4. The molecule has 6 N–H and O–H groups in total. The molecule has 0 aliphatic heterocycles. The fourth-order valence-electron chi connectivity index (χ4n) is 4.13. The van der Waals surface area contributed by atoms with Gasteiger partial charge in [-0.3, -0.25) is 0 Å². The Hall–Kier alpha value is -1.46. The topological polar surface area (TPSA) is 110 Å². The van der Waals surface area contributed by atoms with Crippen LogP contribution < -0.4 is 22.1 Å². The first kappa shape index (κ1) is 13.0. The standard InChI is InChI=1S/C12H22N4O2/c1-11(2)6-4-5-12(11,3)8(16-10(14)18)7(6)15-9(13)17/h6-8H,4-5H2,1-3H3,(H3,13,15,17)(H3,14,16,18)/t6-,7-,8+,12-/m0/s1. The Morgan fingerprint density at radius 2 is 1.67 bits per heavy atom. The van der Waals surface area contributed by atoms with Crippen molar-refractivity contribution >= 4 is 12.1 Å². The number of primary amides is 2. The van der Waals surface area contributed by atoms with Crippen LogP contribution >= 0.6 is 0 Å². The zero-order valence-electron chi connectivity index (χ0n) is 11.1. The van der Waals surface area contributed by atoms with E-state index in [0.717, 1.165) is 12.8 Å². The van der Waals surface area contributed by atoms with E-state index in [1.54, 1.807) is 0 Å². The van der Waals surface area contributed by atoms with Crippen LogP contribution in [0.2, 0.25) is 0 Å². The lowest BCUT2D eigenvalue weighted by atomic mass is 9.69. The molecule has 0 unspecified atom stereocenters. The number of hydrogen-bond donors (Lipinski definition) is 4. The van der Waals surface area contributed by atoms with E-state index in [1.807, 2.05) is 0 Å². The average Bonchev–Trinajstić information content (AvgIpc) is 2.50. The smallest absolute Gasteiger partial charge is 0.312 e. The molecule has 2 fully saturated rings. The summed E-state index contributed by atoms with van der Waals surface area (Å²) in [6.45, 7) is 6.52. The summed E-state index contributed by atoms with van der Waals surface area (Å²) in [7, 11) is 0. The Bertz CT molecular complexity index is 396. The fourth-order valence-corrected chi connectivity index (χ4v) is 4.13. The van der Waals surface area contributed by atoms with Gasteiger partial charge in [0.25, 0.3) is 0 Å². The predicted octanol–water partition coefficient (Wildman–Crippen LogP) is 0.516. The van der Waals surface area contributed by atoms with E-state index in [-0.39, 0.29) is 22.9 Å². The molecule has 2 rings (SSSR count). The third kappa shape index (κ3) is 1.54. The van der Waals surface area contributed by atoms with E-state index < -0.39 is 12.1 Å². The van der Waals surface area contributed by atoms with Crippen molar-refractivity contribution in [3.05, 3.63) is 0 Å². The highest BCUT2D eigenvalue weighted by Gasteiger charge is 2.66. The van der Waals surface area contributed by atoms with Gasteiger partial charge in [-0.2, -0.15) is 0 Å². The van der Waals surface area contributed by atoms with E-state index in [9.17, 15) is 9.59 Å². The monoisotopic (exact) mass is 254 g/mol. The molecule has 0 aromatic rings. The van der Waals surface area contributed by atoms with Crippen molar-refractivity contribution in [2.45, 2.75) is 45.7 Å². The van der Waals surface area contributed by atoms with Crippen molar-refractivity contribution in [3.8, 4) is 0 Å². The number of carbonyl (C=O) groups is 2. The van der Waals surface area contributed by atoms with Crippen LogP contribution in [-0.2, 0) is 0 Å². The third-order valence-corrected chi connectivity index (χ3v) is 5.46. The summed E-state index contributed by atoms with van der Waals surface area (Å²) >= 11 is 0. The molecule has 0 saturated heterocycles. The van der Waals surface area contributed by atoms with Crippen LogP contribution in [0.4, 0.5) is 9.59 Å². The maximum Gasteiger partial charge on any atom is 0.312 e. The molecular weight excluding hydrogens is 232 g/mol. The minimum absolute atomic E-state index is 0.0350. The summed E-state index contributed by atoms with van der Waals surface area (Å²) in [6, 6.07) is -1.40. The van der Waals surface area contributed by atoms with Crippen LogP contribution in [0.5, 0.6) is 0 Å². The van der Waals surface area contributed by atoms with E-state index in [0.29, 0.717) is 5.92 Å². The summed E-state index contributed by atoms with van der Waals surface area (Å²) in [6.07, 6.45) is 2.05. The molecule has 0 spiro atoms. The van der Waals surface area contributed by atoms with Crippen molar-refractivity contribution in [3.63, 3.8) is 0 Å². The van der Waals surface area contributed by atoms with Crippen molar-refractivity contribution in [1.82, 2.24) is 10.6 Å². The number of nitrogens with two attached hydrogens (primary N) is 2. The molecule has 0 radical (unpaired) electrons. The van der Waals surface area contributed by atoms with Gasteiger partial charge in [-0.05, 0) is 29.6 Å². The van der Waals surface area contributed by atoms with Crippen molar-refractivity contribution in [2.75, 3.05) is 0 Å². The number of nitrogens with one attached hydrogen (secondary N) is 2. The Balaban J connectivity index is 2.34. The Labute approximate surface area is 107 Å². The first-order valence-electron chi connectivity index (χ1n) is 6.32. The van der Waals surface area contributed by atoms with Crippen LogP contribution in [0.3, 0.4) is 0 Å². The van der Waals surface area contributed by atoms with Crippen molar-refractivity contribution in [2.24, 2.45) is 28.2 Å². The van der Waals surface area contributed by atoms with Gasteiger partial charge in [0.2, 0.25) is 0 Å². The molecule has 2 bridgehead atoms. The van der Waals surface area contributed by atoms with Crippen LogP contribution in [0.1, 0.15) is 33.6 Å². The molecular formula is C12H22N4O2. The third-order valence-electron chi connectivity index (χ3n) is 5.46. The number of urea groups is 2. The number of carbonyl (C=O) groups excluding carboxylic acids is 2. The summed E-state index contributed by atoms with van der Waals surface area (Å²) in [5.41, 5.74) is 10.5. The highest BCUT2D eigenvalue weighted by Crippen LogP contribution is 2.65. The number of rotatable bonds is 2. The van der Waals surface area contributed by atoms with Crippen LogP contribution in [0.25, 0.3) is 0 Å². The Morgan fingerprint density at radius 3 is 2.17 bits per heavy atom. The summed E-state index contributed by atoms with van der Waals surface area (Å²) in [5, 5.41) is 5.57. The molecule has 2 aliphatic carbocycles. The second-order valence-electron chi connectivity index (χ2n) is 6.30. The summed E-state index contributed by atoms with van der Waals surface area (Å²) in [5.74, 6) is 0.312. The molecule has 6 nitrogen and oxygen atoms in total. The molecule has 0 aromatic heterocycles. The molecule has 2 saturated carbocycles. The normalized spacial score (nSPS) is 40.5. The average molecular weight is 254 g/mol. The molecule has 6 heteroatoms. The van der Waals surface area contributed by atoms with Crippen LogP contribution in [0.15, 0.2) is 0 Å². The maximum absolute atomic E-state index is 11.2. The second-order valence-corrected chi connectivity index (χ2v) is 6.30. The maximum atomic E-state index is 11.2. The summed E-state index contributed by atoms with van der Waals surface area (Å²) < 4.78 is 0. The van der Waals surface area contributed by atoms with Crippen LogP contribution in [0, 0.1) is 16.7 Å². The first-order chi connectivity index (χ1) is 8.20. The summed E-state index contributed by atoms with van der Waals surface area (Å²) in [4.78, 5) is 22.3. The molecule has 4 atom stereocenters. The second kappa shape index (κ2) is 3.76. The lowest BCUT2D eigenvalue weighted by Gasteiger charge is -2.40. The van der Waals surface area contributed by atoms with Gasteiger partial charge in [0.05, 0.1) is 12.1 Å². The van der Waals surface area contributed by atoms with E-state index in [1.165, 1.54) is 0 Å². The SMILES string of the molecule is CC1(C)[C@H]2CC[C@@]1(C)[C@H](NC(N)=O)[C@H]2NC(N)=O. The zero-order chi connectivity index (χ0) is 13.7. The van der Waals surface area contributed by atoms with Crippen molar-refractivity contribution in [1.29, 1.82) is 0 Å². The van der Waals surface area contributed by atoms with E-state index in [4.69, 9.17) is 11.5 Å². The van der Waals surface area contributed by atoms with Gasteiger partial charge in [-0.25, -0.2) is 9.59 Å². The molecule has 2 aliphatic rings.